The number of halogens is 2. The highest BCUT2D eigenvalue weighted by molar-refractivity contribution is 6.32. The highest BCUT2D eigenvalue weighted by Crippen LogP contribution is 2.56. The molecule has 1 heterocycles. The molecule has 192 valence electrons. The summed E-state index contributed by atoms with van der Waals surface area (Å²) >= 11 is 6.29. The number of ketones is 2. The van der Waals surface area contributed by atoms with Crippen LogP contribution in [0.2, 0.25) is 5.02 Å². The van der Waals surface area contributed by atoms with Crippen molar-refractivity contribution in [1.29, 1.82) is 0 Å². The van der Waals surface area contributed by atoms with Gasteiger partial charge in [0.1, 0.15) is 0 Å². The van der Waals surface area contributed by atoms with Gasteiger partial charge in [0.25, 0.3) is 0 Å². The van der Waals surface area contributed by atoms with E-state index in [-0.39, 0.29) is 52.6 Å². The average Bonchev–Trinajstić information content (AvgIpc) is 3.15. The minimum absolute atomic E-state index is 0.102. The van der Waals surface area contributed by atoms with Gasteiger partial charge >= 0.3 is 0 Å². The lowest BCUT2D eigenvalue weighted by molar-refractivity contribution is -0.123. The van der Waals surface area contributed by atoms with Gasteiger partial charge in [0.2, 0.25) is 11.8 Å². The predicted octanol–water partition coefficient (Wildman–Crippen LogP) is 5.13. The number of hydrogen-bond acceptors (Lipinski definition) is 5. The Morgan fingerprint density at radius 2 is 1.79 bits per heavy atom. The number of aryl methyl sites for hydroxylation is 1. The summed E-state index contributed by atoms with van der Waals surface area (Å²) in [5, 5.41) is 11.1. The lowest BCUT2D eigenvalue weighted by Gasteiger charge is -2.42. The first-order valence-corrected chi connectivity index (χ1v) is 12.8. The fourth-order valence-corrected chi connectivity index (χ4v) is 6.63. The van der Waals surface area contributed by atoms with E-state index in [1.807, 2.05) is 13.0 Å². The Morgan fingerprint density at radius 3 is 2.53 bits per heavy atom. The summed E-state index contributed by atoms with van der Waals surface area (Å²) in [4.78, 5) is 55.1. The molecule has 2 amide bonds. The van der Waals surface area contributed by atoms with Crippen LogP contribution in [0.3, 0.4) is 0 Å². The van der Waals surface area contributed by atoms with Gasteiger partial charge in [-0.15, -0.1) is 0 Å². The average molecular weight is 532 g/mol. The highest BCUT2D eigenvalue weighted by Gasteiger charge is 2.56. The van der Waals surface area contributed by atoms with E-state index < -0.39 is 41.1 Å². The summed E-state index contributed by atoms with van der Waals surface area (Å²) in [6.07, 6.45) is 3.45. The molecular weight excluding hydrogens is 509 g/mol. The summed E-state index contributed by atoms with van der Waals surface area (Å²) in [5.74, 6) is -5.81. The van der Waals surface area contributed by atoms with Gasteiger partial charge in [0.05, 0.1) is 17.5 Å². The Morgan fingerprint density at radius 1 is 1.03 bits per heavy atom. The molecule has 0 saturated carbocycles. The molecule has 1 fully saturated rings. The van der Waals surface area contributed by atoms with Crippen LogP contribution in [0.25, 0.3) is 0 Å². The number of Topliss-reactive ketones (excluding diaryl/α,β-unsaturated/α-hetero) is 1. The smallest absolute Gasteiger partial charge is 0.238 e. The van der Waals surface area contributed by atoms with Crippen LogP contribution in [0.5, 0.6) is 5.75 Å². The zero-order chi connectivity index (χ0) is 27.0. The van der Waals surface area contributed by atoms with E-state index in [2.05, 4.69) is 0 Å². The number of amides is 2. The van der Waals surface area contributed by atoms with E-state index in [0.29, 0.717) is 16.3 Å². The quantitative estimate of drug-likeness (QED) is 0.330. The van der Waals surface area contributed by atoms with Crippen molar-refractivity contribution in [2.75, 3.05) is 4.90 Å². The number of aromatic hydroxyl groups is 1. The molecule has 4 unspecified atom stereocenters. The lowest BCUT2D eigenvalue weighted by Crippen LogP contribution is -2.39. The number of anilines is 1. The predicted molar refractivity (Wildman–Crippen MR) is 138 cm³/mol. The first-order chi connectivity index (χ1) is 18.1. The van der Waals surface area contributed by atoms with Crippen molar-refractivity contribution in [1.82, 2.24) is 0 Å². The maximum atomic E-state index is 14.5. The SMILES string of the molecule is CC1=CC(=O)C2=C(C1=O)C(c1cccc(F)c1O)C1=CCC3C(=O)N(c4ccc(C)c(Cl)c4)C(=O)C3C1C2. The fraction of sp³-hybridized carbons (Fsp3) is 0.267. The van der Waals surface area contributed by atoms with Crippen molar-refractivity contribution >= 4 is 40.7 Å². The topological polar surface area (TPSA) is 91.8 Å². The fourth-order valence-electron chi connectivity index (χ4n) is 6.46. The third-order valence-corrected chi connectivity index (χ3v) is 8.71. The second-order valence-corrected chi connectivity index (χ2v) is 10.8. The second-order valence-electron chi connectivity index (χ2n) is 10.4. The largest absolute Gasteiger partial charge is 0.505 e. The number of phenolic OH excluding ortho intramolecular Hbond substituents is 1. The van der Waals surface area contributed by atoms with Gasteiger partial charge in [-0.25, -0.2) is 9.29 Å². The maximum Gasteiger partial charge on any atom is 0.238 e. The standard InChI is InChI=1S/C30H23ClFNO5/c1-13-6-7-15(11-21(13)31)33-29(37)18-9-8-16-19(25(18)30(33)38)12-20-23(34)10-14(2)27(35)26(20)24(16)17-4-3-5-22(32)28(17)36/h3-8,10-11,18-19,24-25,36H,9,12H2,1-2H3. The van der Waals surface area contributed by atoms with E-state index >= 15 is 0 Å². The van der Waals surface area contributed by atoms with Gasteiger partial charge in [-0.2, -0.15) is 0 Å². The Balaban J connectivity index is 1.50. The van der Waals surface area contributed by atoms with E-state index in [1.54, 1.807) is 25.1 Å². The van der Waals surface area contributed by atoms with Crippen LogP contribution in [0, 0.1) is 30.5 Å². The van der Waals surface area contributed by atoms with Crippen LogP contribution in [0.1, 0.15) is 36.8 Å². The number of carbonyl (C=O) groups excluding carboxylic acids is 4. The lowest BCUT2D eigenvalue weighted by atomic mass is 9.59. The first-order valence-electron chi connectivity index (χ1n) is 12.4. The molecule has 6 rings (SSSR count). The highest BCUT2D eigenvalue weighted by atomic mass is 35.5. The molecule has 4 aliphatic rings. The molecule has 0 bridgehead atoms. The van der Waals surface area contributed by atoms with Crippen molar-refractivity contribution in [3.63, 3.8) is 0 Å². The number of nitrogens with zero attached hydrogens (tertiary/aromatic N) is 1. The van der Waals surface area contributed by atoms with E-state index in [4.69, 9.17) is 11.6 Å². The molecule has 0 spiro atoms. The molecule has 6 nitrogen and oxygen atoms in total. The second kappa shape index (κ2) is 8.60. The molecule has 1 saturated heterocycles. The number of phenols is 1. The number of para-hydroxylation sites is 1. The third kappa shape index (κ3) is 3.38. The number of benzene rings is 2. The summed E-state index contributed by atoms with van der Waals surface area (Å²) in [6, 6.07) is 9.08. The molecule has 2 aromatic rings. The van der Waals surface area contributed by atoms with Gasteiger partial charge < -0.3 is 5.11 Å². The Bertz CT molecular complexity index is 1580. The van der Waals surface area contributed by atoms with Crippen LogP contribution >= 0.6 is 11.6 Å². The van der Waals surface area contributed by atoms with Crippen molar-refractivity contribution < 1.29 is 28.7 Å². The van der Waals surface area contributed by atoms with Gasteiger partial charge in [-0.3, -0.25) is 19.2 Å². The number of allylic oxidation sites excluding steroid dienone is 6. The van der Waals surface area contributed by atoms with Crippen molar-refractivity contribution in [3.8, 4) is 5.75 Å². The summed E-state index contributed by atoms with van der Waals surface area (Å²) in [6.45, 7) is 3.37. The minimum Gasteiger partial charge on any atom is -0.505 e. The third-order valence-electron chi connectivity index (χ3n) is 8.31. The van der Waals surface area contributed by atoms with Crippen molar-refractivity contribution in [2.45, 2.75) is 32.6 Å². The van der Waals surface area contributed by atoms with Crippen molar-refractivity contribution in [2.24, 2.45) is 17.8 Å². The van der Waals surface area contributed by atoms with Crippen LogP contribution < -0.4 is 4.90 Å². The summed E-state index contributed by atoms with van der Waals surface area (Å²) in [5.41, 5.74) is 2.70. The zero-order valence-corrected chi connectivity index (χ0v) is 21.4. The number of rotatable bonds is 2. The monoisotopic (exact) mass is 531 g/mol. The van der Waals surface area contributed by atoms with Gasteiger partial charge in [0, 0.05) is 33.2 Å². The summed E-state index contributed by atoms with van der Waals surface area (Å²) in [7, 11) is 0. The molecule has 1 N–H and O–H groups in total. The zero-order valence-electron chi connectivity index (χ0n) is 20.6. The number of fused-ring (bicyclic) bond motifs is 3. The molecule has 3 aliphatic carbocycles. The first kappa shape index (κ1) is 24.5. The molecule has 1 aliphatic heterocycles. The molecule has 2 aromatic carbocycles. The molecule has 0 aromatic heterocycles. The molecule has 8 heteroatoms. The van der Waals surface area contributed by atoms with Gasteiger partial charge in [-0.05, 0) is 62.4 Å². The molecule has 0 radical (unpaired) electrons. The Hall–Kier alpha value is -3.84. The summed E-state index contributed by atoms with van der Waals surface area (Å²) < 4.78 is 14.5. The Kier molecular flexibility index (Phi) is 5.54. The molecule has 38 heavy (non-hydrogen) atoms. The number of hydrogen-bond donors (Lipinski definition) is 1. The van der Waals surface area contributed by atoms with Crippen molar-refractivity contribution in [3.05, 3.63) is 92.8 Å². The van der Waals surface area contributed by atoms with E-state index in [1.165, 1.54) is 18.2 Å². The van der Waals surface area contributed by atoms with Crippen LogP contribution in [0.4, 0.5) is 10.1 Å². The maximum absolute atomic E-state index is 14.5. The van der Waals surface area contributed by atoms with E-state index in [9.17, 15) is 28.7 Å². The molecule has 4 atom stereocenters. The number of carbonyl (C=O) groups is 4. The van der Waals surface area contributed by atoms with Crippen LogP contribution in [-0.2, 0) is 19.2 Å². The van der Waals surface area contributed by atoms with Gasteiger partial charge in [0.15, 0.2) is 23.1 Å². The minimum atomic E-state index is -0.911. The number of imide groups is 1. The van der Waals surface area contributed by atoms with Crippen LogP contribution in [0.15, 0.2) is 70.8 Å². The van der Waals surface area contributed by atoms with Gasteiger partial charge in [-0.1, -0.05) is 41.4 Å². The normalized spacial score (nSPS) is 26.7. The van der Waals surface area contributed by atoms with Crippen LogP contribution in [-0.4, -0.2) is 28.5 Å². The Labute approximate surface area is 223 Å². The molecular formula is C30H23ClFNO5. The van der Waals surface area contributed by atoms with E-state index in [0.717, 1.165) is 16.5 Å².